The Hall–Kier alpha value is -2.51. The van der Waals surface area contributed by atoms with Crippen LogP contribution in [-0.2, 0) is 18.9 Å². The van der Waals surface area contributed by atoms with Gasteiger partial charge in [0.1, 0.15) is 5.52 Å². The van der Waals surface area contributed by atoms with E-state index in [1.165, 1.54) is 0 Å². The fraction of sp³-hybridized carbons (Fsp3) is 0.188. The number of rotatable bonds is 2. The molecular weight excluding hydrogens is 334 g/mol. The first kappa shape index (κ1) is 16.4. The molecule has 0 bridgehead atoms. The van der Waals surface area contributed by atoms with Gasteiger partial charge in [0, 0.05) is 5.39 Å². The lowest BCUT2D eigenvalue weighted by Gasteiger charge is -2.11. The fourth-order valence-corrected chi connectivity index (χ4v) is 2.55. The molecule has 0 spiro atoms. The lowest BCUT2D eigenvalue weighted by Crippen LogP contribution is -2.15. The third-order valence-corrected chi connectivity index (χ3v) is 3.52. The molecule has 0 fully saturated rings. The Morgan fingerprint density at radius 3 is 2.04 bits per heavy atom. The fourth-order valence-electron chi connectivity index (χ4n) is 2.55. The first-order valence-electron chi connectivity index (χ1n) is 6.86. The van der Waals surface area contributed by atoms with Crippen LogP contribution < -0.4 is 0 Å². The number of hydrogen-bond acceptors (Lipinski definition) is 1. The van der Waals surface area contributed by atoms with Gasteiger partial charge >= 0.3 is 12.4 Å². The van der Waals surface area contributed by atoms with Crippen LogP contribution in [0, 0.1) is 0 Å². The van der Waals surface area contributed by atoms with E-state index in [2.05, 4.69) is 5.10 Å². The molecular formula is C16H10F6N2. The molecule has 1 heterocycles. The first-order valence-corrected chi connectivity index (χ1v) is 6.86. The number of hydrogen-bond donors (Lipinski definition) is 0. The Morgan fingerprint density at radius 2 is 1.46 bits per heavy atom. The molecule has 0 amide bonds. The Bertz CT molecular complexity index is 862. The average Bonchev–Trinajstić information content (AvgIpc) is 2.84. The van der Waals surface area contributed by atoms with E-state index >= 15 is 0 Å². The standard InChI is InChI=1S/C16H10F6N2/c17-15(18,19)12-8-4-7-11-13(12)23-24(14(11)16(20,21)22)9-10-5-2-1-3-6-10/h1-8H,9H2. The van der Waals surface area contributed by atoms with Crippen LogP contribution in [0.2, 0.25) is 0 Å². The molecule has 0 aliphatic carbocycles. The predicted molar refractivity (Wildman–Crippen MR) is 75.3 cm³/mol. The van der Waals surface area contributed by atoms with Gasteiger partial charge in [0.15, 0.2) is 5.69 Å². The zero-order valence-electron chi connectivity index (χ0n) is 12.0. The maximum atomic E-state index is 13.4. The minimum Gasteiger partial charge on any atom is -0.255 e. The van der Waals surface area contributed by atoms with Crippen LogP contribution in [0.15, 0.2) is 48.5 Å². The molecule has 1 aromatic heterocycles. The van der Waals surface area contributed by atoms with Gasteiger partial charge in [-0.05, 0) is 11.6 Å². The second-order valence-corrected chi connectivity index (χ2v) is 5.19. The zero-order valence-corrected chi connectivity index (χ0v) is 12.0. The Morgan fingerprint density at radius 1 is 0.792 bits per heavy atom. The van der Waals surface area contributed by atoms with Crippen molar-refractivity contribution in [2.75, 3.05) is 0 Å². The highest BCUT2D eigenvalue weighted by Gasteiger charge is 2.41. The van der Waals surface area contributed by atoms with E-state index in [0.29, 0.717) is 10.2 Å². The smallest absolute Gasteiger partial charge is 0.255 e. The van der Waals surface area contributed by atoms with Crippen LogP contribution in [0.3, 0.4) is 0 Å². The highest BCUT2D eigenvalue weighted by Crippen LogP contribution is 2.40. The van der Waals surface area contributed by atoms with Crippen LogP contribution in [-0.4, -0.2) is 9.78 Å². The Balaban J connectivity index is 2.25. The maximum Gasteiger partial charge on any atom is 0.433 e. The summed E-state index contributed by atoms with van der Waals surface area (Å²) in [5.74, 6) is 0. The molecule has 0 radical (unpaired) electrons. The SMILES string of the molecule is FC(F)(F)c1cccc2c(C(F)(F)F)n(Cc3ccccc3)nc12. The third kappa shape index (κ3) is 2.95. The molecule has 0 saturated heterocycles. The summed E-state index contributed by atoms with van der Waals surface area (Å²) in [5, 5.41) is 3.06. The maximum absolute atomic E-state index is 13.4. The lowest BCUT2D eigenvalue weighted by molar-refractivity contribution is -0.142. The Kier molecular flexibility index (Phi) is 3.77. The number of nitrogens with zero attached hydrogens (tertiary/aromatic N) is 2. The van der Waals surface area contributed by atoms with Crippen molar-refractivity contribution in [2.24, 2.45) is 0 Å². The topological polar surface area (TPSA) is 17.8 Å². The van der Waals surface area contributed by atoms with Crippen LogP contribution in [0.5, 0.6) is 0 Å². The molecule has 3 rings (SSSR count). The van der Waals surface area contributed by atoms with E-state index < -0.39 is 34.5 Å². The number of fused-ring (bicyclic) bond motifs is 1. The van der Waals surface area contributed by atoms with Gasteiger partial charge in [0.25, 0.3) is 0 Å². The normalized spacial score (nSPS) is 12.8. The van der Waals surface area contributed by atoms with Crippen LogP contribution in [0.4, 0.5) is 26.3 Å². The van der Waals surface area contributed by atoms with Crippen LogP contribution in [0.25, 0.3) is 10.9 Å². The molecule has 0 aliphatic rings. The molecule has 0 aliphatic heterocycles. The summed E-state index contributed by atoms with van der Waals surface area (Å²) in [5.41, 5.74) is -2.57. The van der Waals surface area contributed by atoms with Gasteiger partial charge < -0.3 is 0 Å². The van der Waals surface area contributed by atoms with Crippen molar-refractivity contribution in [1.82, 2.24) is 9.78 Å². The largest absolute Gasteiger partial charge is 0.433 e. The second kappa shape index (κ2) is 5.54. The van der Waals surface area contributed by atoms with Crippen molar-refractivity contribution < 1.29 is 26.3 Å². The molecule has 126 valence electrons. The third-order valence-electron chi connectivity index (χ3n) is 3.52. The molecule has 0 unspecified atom stereocenters. The van der Waals surface area contributed by atoms with Crippen molar-refractivity contribution >= 4 is 10.9 Å². The van der Waals surface area contributed by atoms with Gasteiger partial charge in [0.05, 0.1) is 12.1 Å². The predicted octanol–water partition coefficient (Wildman–Crippen LogP) is 5.12. The van der Waals surface area contributed by atoms with Crippen LogP contribution in [0.1, 0.15) is 16.8 Å². The summed E-state index contributed by atoms with van der Waals surface area (Å²) >= 11 is 0. The van der Waals surface area contributed by atoms with Crippen LogP contribution >= 0.6 is 0 Å². The number of benzene rings is 2. The van der Waals surface area contributed by atoms with E-state index in [4.69, 9.17) is 0 Å². The Labute approximate surface area is 132 Å². The van der Waals surface area contributed by atoms with Gasteiger partial charge in [-0.3, -0.25) is 4.68 Å². The zero-order chi connectivity index (χ0) is 17.5. The molecule has 3 aromatic rings. The van der Waals surface area contributed by atoms with Crippen molar-refractivity contribution in [1.29, 1.82) is 0 Å². The second-order valence-electron chi connectivity index (χ2n) is 5.19. The van der Waals surface area contributed by atoms with Gasteiger partial charge in [-0.15, -0.1) is 0 Å². The number of aromatic nitrogens is 2. The summed E-state index contributed by atoms with van der Waals surface area (Å²) in [6.07, 6.45) is -9.61. The lowest BCUT2D eigenvalue weighted by atomic mass is 10.1. The van der Waals surface area contributed by atoms with Gasteiger partial charge in [-0.1, -0.05) is 42.5 Å². The van der Waals surface area contributed by atoms with Crippen molar-refractivity contribution in [2.45, 2.75) is 18.9 Å². The molecule has 2 nitrogen and oxygen atoms in total. The van der Waals surface area contributed by atoms with Gasteiger partial charge in [0.2, 0.25) is 0 Å². The van der Waals surface area contributed by atoms with E-state index in [1.54, 1.807) is 30.3 Å². The first-order chi connectivity index (χ1) is 11.2. The monoisotopic (exact) mass is 344 g/mol. The molecule has 0 N–H and O–H groups in total. The molecule has 2 aromatic carbocycles. The molecule has 0 saturated carbocycles. The minimum absolute atomic E-state index is 0.276. The van der Waals surface area contributed by atoms with Gasteiger partial charge in [-0.2, -0.15) is 31.4 Å². The highest BCUT2D eigenvalue weighted by molar-refractivity contribution is 5.85. The number of alkyl halides is 6. The molecule has 0 atom stereocenters. The number of halogens is 6. The quantitative estimate of drug-likeness (QED) is 0.590. The van der Waals surface area contributed by atoms with Crippen molar-refractivity contribution in [3.63, 3.8) is 0 Å². The van der Waals surface area contributed by atoms with E-state index in [-0.39, 0.29) is 6.54 Å². The highest BCUT2D eigenvalue weighted by atomic mass is 19.4. The van der Waals surface area contributed by atoms with Gasteiger partial charge in [-0.25, -0.2) is 0 Å². The molecule has 24 heavy (non-hydrogen) atoms. The van der Waals surface area contributed by atoms with Crippen molar-refractivity contribution in [3.8, 4) is 0 Å². The summed E-state index contributed by atoms with van der Waals surface area (Å²) in [6.45, 7) is -0.276. The summed E-state index contributed by atoms with van der Waals surface area (Å²) < 4.78 is 79.9. The summed E-state index contributed by atoms with van der Waals surface area (Å²) in [4.78, 5) is 0. The van der Waals surface area contributed by atoms with E-state index in [9.17, 15) is 26.3 Å². The minimum atomic E-state index is -4.83. The van der Waals surface area contributed by atoms with E-state index in [1.807, 2.05) is 0 Å². The van der Waals surface area contributed by atoms with Crippen molar-refractivity contribution in [3.05, 3.63) is 65.4 Å². The molecule has 8 heteroatoms. The summed E-state index contributed by atoms with van der Waals surface area (Å²) in [6, 6.07) is 10.8. The van der Waals surface area contributed by atoms with E-state index in [0.717, 1.165) is 18.2 Å². The average molecular weight is 344 g/mol. The summed E-state index contributed by atoms with van der Waals surface area (Å²) in [7, 11) is 0.